The van der Waals surface area contributed by atoms with Gasteiger partial charge in [-0.2, -0.15) is 0 Å². The summed E-state index contributed by atoms with van der Waals surface area (Å²) in [5, 5.41) is 0. The highest BCUT2D eigenvalue weighted by Crippen LogP contribution is 2.16. The Kier molecular flexibility index (Phi) is 5.21. The second kappa shape index (κ2) is 7.14. The summed E-state index contributed by atoms with van der Waals surface area (Å²) in [4.78, 5) is 13.5. The molecule has 0 radical (unpaired) electrons. The maximum Gasteiger partial charge on any atom is 0.414 e. The highest BCUT2D eigenvalue weighted by Gasteiger charge is 2.17. The summed E-state index contributed by atoms with van der Waals surface area (Å²) < 4.78 is 10.9. The molecular weight excluding hydrogens is 242 g/mol. The van der Waals surface area contributed by atoms with Gasteiger partial charge in [-0.1, -0.05) is 18.2 Å². The van der Waals surface area contributed by atoms with E-state index in [0.717, 1.165) is 25.9 Å². The number of hydrogen-bond donors (Lipinski definition) is 0. The van der Waals surface area contributed by atoms with Crippen LogP contribution in [0.5, 0.6) is 5.75 Å². The van der Waals surface area contributed by atoms with Crippen LogP contribution in [0.1, 0.15) is 25.7 Å². The van der Waals surface area contributed by atoms with Crippen LogP contribution < -0.4 is 4.74 Å². The number of ether oxygens (including phenoxy) is 2. The number of carbonyl (C=O) groups is 1. The van der Waals surface area contributed by atoms with E-state index in [4.69, 9.17) is 9.47 Å². The van der Waals surface area contributed by atoms with Crippen molar-refractivity contribution in [3.63, 3.8) is 0 Å². The lowest BCUT2D eigenvalue weighted by Crippen LogP contribution is -2.33. The van der Waals surface area contributed by atoms with E-state index in [1.54, 1.807) is 24.1 Å². The van der Waals surface area contributed by atoms with Crippen LogP contribution >= 0.6 is 0 Å². The van der Waals surface area contributed by atoms with Gasteiger partial charge in [-0.15, -0.1) is 0 Å². The van der Waals surface area contributed by atoms with Crippen LogP contribution in [0.3, 0.4) is 0 Å². The molecule has 19 heavy (non-hydrogen) atoms. The van der Waals surface area contributed by atoms with E-state index in [2.05, 4.69) is 0 Å². The van der Waals surface area contributed by atoms with Crippen molar-refractivity contribution in [1.29, 1.82) is 0 Å². The van der Waals surface area contributed by atoms with Gasteiger partial charge in [0.15, 0.2) is 0 Å². The Morgan fingerprint density at radius 2 is 2.16 bits per heavy atom. The smallest absolute Gasteiger partial charge is 0.410 e. The van der Waals surface area contributed by atoms with E-state index < -0.39 is 0 Å². The summed E-state index contributed by atoms with van der Waals surface area (Å²) in [7, 11) is 1.76. The average molecular weight is 263 g/mol. The Bertz CT molecular complexity index is 388. The molecule has 1 aliphatic rings. The third kappa shape index (κ3) is 4.56. The number of para-hydroxylation sites is 1. The molecule has 1 saturated heterocycles. The average Bonchev–Trinajstić information content (AvgIpc) is 2.47. The van der Waals surface area contributed by atoms with Crippen molar-refractivity contribution in [3.8, 4) is 5.75 Å². The van der Waals surface area contributed by atoms with Crippen LogP contribution in [0.25, 0.3) is 0 Å². The van der Waals surface area contributed by atoms with Crippen molar-refractivity contribution in [1.82, 2.24) is 4.90 Å². The molecule has 1 fully saturated rings. The Labute approximate surface area is 114 Å². The first-order chi connectivity index (χ1) is 9.25. The van der Waals surface area contributed by atoms with Gasteiger partial charge in [0.05, 0.1) is 6.10 Å². The summed E-state index contributed by atoms with van der Waals surface area (Å²) >= 11 is 0. The van der Waals surface area contributed by atoms with Gasteiger partial charge in [-0.25, -0.2) is 4.79 Å². The van der Waals surface area contributed by atoms with E-state index >= 15 is 0 Å². The summed E-state index contributed by atoms with van der Waals surface area (Å²) in [5.41, 5.74) is 0. The quantitative estimate of drug-likeness (QED) is 0.838. The topological polar surface area (TPSA) is 38.8 Å². The van der Waals surface area contributed by atoms with Gasteiger partial charge in [0.1, 0.15) is 5.75 Å². The van der Waals surface area contributed by atoms with Crippen LogP contribution in [0, 0.1) is 0 Å². The van der Waals surface area contributed by atoms with E-state index in [1.165, 1.54) is 6.42 Å². The lowest BCUT2D eigenvalue weighted by Gasteiger charge is -2.24. The Balaban J connectivity index is 1.73. The molecule has 0 saturated carbocycles. The standard InChI is InChI=1S/C15H21NO3/c1-16(11-10-13-7-5-6-12-18-13)15(17)19-14-8-3-2-4-9-14/h2-4,8-9,13H,5-7,10-12H2,1H3. The fourth-order valence-corrected chi connectivity index (χ4v) is 2.13. The van der Waals surface area contributed by atoms with E-state index in [1.807, 2.05) is 18.2 Å². The SMILES string of the molecule is CN(CCC1CCCCO1)C(=O)Oc1ccccc1. The molecule has 1 aromatic rings. The number of benzene rings is 1. The molecule has 1 atom stereocenters. The van der Waals surface area contributed by atoms with Gasteiger partial charge in [0, 0.05) is 20.2 Å². The zero-order chi connectivity index (χ0) is 13.5. The molecule has 1 aromatic carbocycles. The molecule has 0 N–H and O–H groups in total. The molecule has 1 amide bonds. The lowest BCUT2D eigenvalue weighted by atomic mass is 10.1. The molecule has 4 nitrogen and oxygen atoms in total. The molecule has 0 aliphatic carbocycles. The lowest BCUT2D eigenvalue weighted by molar-refractivity contribution is 0.00753. The highest BCUT2D eigenvalue weighted by molar-refractivity contribution is 5.70. The van der Waals surface area contributed by atoms with Crippen molar-refractivity contribution in [2.75, 3.05) is 20.2 Å². The van der Waals surface area contributed by atoms with Crippen molar-refractivity contribution in [2.24, 2.45) is 0 Å². The van der Waals surface area contributed by atoms with Crippen LogP contribution in [0.15, 0.2) is 30.3 Å². The van der Waals surface area contributed by atoms with Crippen molar-refractivity contribution in [3.05, 3.63) is 30.3 Å². The first-order valence-corrected chi connectivity index (χ1v) is 6.85. The molecule has 0 spiro atoms. The maximum absolute atomic E-state index is 11.8. The van der Waals surface area contributed by atoms with Crippen molar-refractivity contribution in [2.45, 2.75) is 31.8 Å². The van der Waals surface area contributed by atoms with Crippen LogP contribution in [0.2, 0.25) is 0 Å². The number of hydrogen-bond acceptors (Lipinski definition) is 3. The second-order valence-corrected chi connectivity index (χ2v) is 4.88. The number of nitrogens with zero attached hydrogens (tertiary/aromatic N) is 1. The molecule has 1 heterocycles. The van der Waals surface area contributed by atoms with Crippen LogP contribution in [-0.4, -0.2) is 37.3 Å². The second-order valence-electron chi connectivity index (χ2n) is 4.88. The van der Waals surface area contributed by atoms with E-state index in [0.29, 0.717) is 18.4 Å². The van der Waals surface area contributed by atoms with Crippen molar-refractivity contribution >= 4 is 6.09 Å². The van der Waals surface area contributed by atoms with Gasteiger partial charge >= 0.3 is 6.09 Å². The minimum atomic E-state index is -0.318. The maximum atomic E-state index is 11.8. The third-order valence-corrected chi connectivity index (χ3v) is 3.32. The highest BCUT2D eigenvalue weighted by atomic mass is 16.6. The minimum Gasteiger partial charge on any atom is -0.410 e. The summed E-state index contributed by atoms with van der Waals surface area (Å²) in [6, 6.07) is 9.13. The predicted molar refractivity (Wildman–Crippen MR) is 73.3 cm³/mol. The molecule has 1 aliphatic heterocycles. The molecule has 0 aromatic heterocycles. The summed E-state index contributed by atoms with van der Waals surface area (Å²) in [6.07, 6.45) is 4.33. The van der Waals surface area contributed by atoms with E-state index in [9.17, 15) is 4.79 Å². The first kappa shape index (κ1) is 13.9. The first-order valence-electron chi connectivity index (χ1n) is 6.85. The molecule has 0 bridgehead atoms. The van der Waals surface area contributed by atoms with Crippen molar-refractivity contribution < 1.29 is 14.3 Å². The van der Waals surface area contributed by atoms with Crippen LogP contribution in [-0.2, 0) is 4.74 Å². The van der Waals surface area contributed by atoms with Gasteiger partial charge in [0.2, 0.25) is 0 Å². The minimum absolute atomic E-state index is 0.292. The fraction of sp³-hybridized carbons (Fsp3) is 0.533. The molecular formula is C15H21NO3. The molecule has 2 rings (SSSR count). The number of amides is 1. The predicted octanol–water partition coefficient (Wildman–Crippen LogP) is 3.08. The molecule has 4 heteroatoms. The summed E-state index contributed by atoms with van der Waals surface area (Å²) in [5.74, 6) is 0.577. The number of rotatable bonds is 4. The Morgan fingerprint density at radius 1 is 1.37 bits per heavy atom. The molecule has 1 unspecified atom stereocenters. The summed E-state index contributed by atoms with van der Waals surface area (Å²) in [6.45, 7) is 1.51. The normalized spacial score (nSPS) is 18.9. The Morgan fingerprint density at radius 3 is 2.84 bits per heavy atom. The monoisotopic (exact) mass is 263 g/mol. The van der Waals surface area contributed by atoms with E-state index in [-0.39, 0.29) is 6.09 Å². The van der Waals surface area contributed by atoms with Gasteiger partial charge in [-0.3, -0.25) is 0 Å². The fourth-order valence-electron chi connectivity index (χ4n) is 2.13. The largest absolute Gasteiger partial charge is 0.414 e. The van der Waals surface area contributed by atoms with Gasteiger partial charge in [0.25, 0.3) is 0 Å². The zero-order valence-corrected chi connectivity index (χ0v) is 11.4. The van der Waals surface area contributed by atoms with Gasteiger partial charge in [-0.05, 0) is 37.8 Å². The number of carbonyl (C=O) groups excluding carboxylic acids is 1. The Hall–Kier alpha value is -1.55. The zero-order valence-electron chi connectivity index (χ0n) is 11.4. The van der Waals surface area contributed by atoms with Crippen LogP contribution in [0.4, 0.5) is 4.79 Å². The van der Waals surface area contributed by atoms with Gasteiger partial charge < -0.3 is 14.4 Å². The molecule has 104 valence electrons. The third-order valence-electron chi connectivity index (χ3n) is 3.32.